The summed E-state index contributed by atoms with van der Waals surface area (Å²) in [5, 5.41) is 10.7. The van der Waals surface area contributed by atoms with Gasteiger partial charge >= 0.3 is 0 Å². The van der Waals surface area contributed by atoms with Gasteiger partial charge in [-0.3, -0.25) is 0 Å². The Kier molecular flexibility index (Phi) is 4.62. The minimum absolute atomic E-state index is 0.0441. The van der Waals surface area contributed by atoms with Crippen LogP contribution in [-0.4, -0.2) is 10.7 Å². The lowest BCUT2D eigenvalue weighted by atomic mass is 9.64. The first-order valence-electron chi connectivity index (χ1n) is 9.48. The smallest absolute Gasteiger partial charge is 0.127 e. The third-order valence-corrected chi connectivity index (χ3v) is 6.01. The lowest BCUT2D eigenvalue weighted by molar-refractivity contribution is -0.00866. The van der Waals surface area contributed by atoms with Gasteiger partial charge in [0.05, 0.1) is 0 Å². The van der Waals surface area contributed by atoms with Gasteiger partial charge in [-0.05, 0) is 74.5 Å². The third kappa shape index (κ3) is 3.22. The lowest BCUT2D eigenvalue weighted by Gasteiger charge is -2.49. The highest BCUT2D eigenvalue weighted by atomic mass is 16.5. The van der Waals surface area contributed by atoms with Gasteiger partial charge in [-0.25, -0.2) is 0 Å². The molecule has 3 rings (SSSR count). The first-order chi connectivity index (χ1) is 10.9. The number of phenols is 1. The molecule has 2 unspecified atom stereocenters. The minimum Gasteiger partial charge on any atom is -0.508 e. The molecular weight excluding hydrogens is 284 g/mol. The second-order valence-electron chi connectivity index (χ2n) is 8.29. The minimum atomic E-state index is -0.0441. The van der Waals surface area contributed by atoms with Crippen LogP contribution < -0.4 is 4.74 Å². The maximum absolute atomic E-state index is 10.7. The molecule has 2 aliphatic rings. The third-order valence-electron chi connectivity index (χ3n) is 6.01. The molecule has 1 aromatic carbocycles. The number of ether oxygens (including phenoxy) is 1. The molecule has 3 atom stereocenters. The predicted octanol–water partition coefficient (Wildman–Crippen LogP) is 5.82. The predicted molar refractivity (Wildman–Crippen MR) is 95.3 cm³/mol. The first-order valence-corrected chi connectivity index (χ1v) is 9.48. The fourth-order valence-corrected chi connectivity index (χ4v) is 4.71. The number of hydrogen-bond donors (Lipinski definition) is 1. The lowest BCUT2D eigenvalue weighted by Crippen LogP contribution is -2.45. The van der Waals surface area contributed by atoms with Crippen molar-refractivity contribution in [1.82, 2.24) is 0 Å². The van der Waals surface area contributed by atoms with Crippen LogP contribution >= 0.6 is 0 Å². The highest BCUT2D eigenvalue weighted by molar-refractivity contribution is 5.52. The molecular formula is C21H32O2. The van der Waals surface area contributed by atoms with Crippen molar-refractivity contribution in [3.8, 4) is 11.5 Å². The van der Waals surface area contributed by atoms with Crippen molar-refractivity contribution in [2.24, 2.45) is 11.8 Å². The molecule has 0 radical (unpaired) electrons. The van der Waals surface area contributed by atoms with Crippen molar-refractivity contribution in [2.75, 3.05) is 0 Å². The van der Waals surface area contributed by atoms with E-state index in [1.165, 1.54) is 31.2 Å². The molecule has 1 aromatic rings. The fraction of sp³-hybridized carbons (Fsp3) is 0.714. The zero-order valence-corrected chi connectivity index (χ0v) is 15.2. The fourth-order valence-electron chi connectivity index (χ4n) is 4.71. The zero-order chi connectivity index (χ0) is 16.6. The zero-order valence-electron chi connectivity index (χ0n) is 15.2. The average Bonchev–Trinajstić information content (AvgIpc) is 2.46. The van der Waals surface area contributed by atoms with Crippen LogP contribution in [0.25, 0.3) is 0 Å². The Morgan fingerprint density at radius 1 is 1.30 bits per heavy atom. The van der Waals surface area contributed by atoms with Crippen LogP contribution in [-0.2, 0) is 6.42 Å². The van der Waals surface area contributed by atoms with Gasteiger partial charge in [-0.15, -0.1) is 0 Å². The molecule has 1 aliphatic carbocycles. The van der Waals surface area contributed by atoms with Crippen molar-refractivity contribution < 1.29 is 9.84 Å². The summed E-state index contributed by atoms with van der Waals surface area (Å²) in [5.41, 5.74) is 2.26. The van der Waals surface area contributed by atoms with Gasteiger partial charge in [0.25, 0.3) is 0 Å². The van der Waals surface area contributed by atoms with E-state index in [0.29, 0.717) is 23.5 Å². The summed E-state index contributed by atoms with van der Waals surface area (Å²) in [7, 11) is 0. The molecule has 23 heavy (non-hydrogen) atoms. The van der Waals surface area contributed by atoms with E-state index in [-0.39, 0.29) is 5.60 Å². The van der Waals surface area contributed by atoms with Crippen LogP contribution in [0, 0.1) is 11.8 Å². The van der Waals surface area contributed by atoms with Crippen LogP contribution in [0.5, 0.6) is 11.5 Å². The molecule has 1 heterocycles. The van der Waals surface area contributed by atoms with E-state index >= 15 is 0 Å². The number of unbranched alkanes of at least 4 members (excludes halogenated alkanes) is 2. The number of phenolic OH excluding ortho intramolecular Hbond substituents is 1. The maximum Gasteiger partial charge on any atom is 0.127 e. The molecule has 1 aliphatic heterocycles. The summed E-state index contributed by atoms with van der Waals surface area (Å²) in [6.45, 7) is 9.11. The van der Waals surface area contributed by atoms with Gasteiger partial charge in [0.1, 0.15) is 17.1 Å². The molecule has 2 bridgehead atoms. The second kappa shape index (κ2) is 6.37. The van der Waals surface area contributed by atoms with Crippen LogP contribution in [0.15, 0.2) is 12.1 Å². The molecule has 0 aromatic heterocycles. The SMILES string of the molecule is CCCCCc1cc(O)c2c(c1)OC1(C)CCC(C(C)C)[C@H]2C1. The quantitative estimate of drug-likeness (QED) is 0.694. The number of aromatic hydroxyl groups is 1. The Bertz CT molecular complexity index is 563. The molecule has 1 fully saturated rings. The van der Waals surface area contributed by atoms with Crippen molar-refractivity contribution in [3.05, 3.63) is 23.3 Å². The number of fused-ring (bicyclic) bond motifs is 4. The van der Waals surface area contributed by atoms with Crippen LogP contribution in [0.2, 0.25) is 0 Å². The summed E-state index contributed by atoms with van der Waals surface area (Å²) in [6.07, 6.45) is 8.07. The Labute approximate surface area is 141 Å². The average molecular weight is 316 g/mol. The summed E-state index contributed by atoms with van der Waals surface area (Å²) in [4.78, 5) is 0. The van der Waals surface area contributed by atoms with Crippen molar-refractivity contribution >= 4 is 0 Å². The molecule has 1 saturated carbocycles. The highest BCUT2D eigenvalue weighted by Gasteiger charge is 2.46. The molecule has 0 spiro atoms. The van der Waals surface area contributed by atoms with Crippen LogP contribution in [0.1, 0.15) is 83.3 Å². The summed E-state index contributed by atoms with van der Waals surface area (Å²) in [6, 6.07) is 4.20. The number of aryl methyl sites for hydroxylation is 1. The Balaban J connectivity index is 1.94. The maximum atomic E-state index is 10.7. The summed E-state index contributed by atoms with van der Waals surface area (Å²) < 4.78 is 6.39. The van der Waals surface area contributed by atoms with E-state index in [1.54, 1.807) is 0 Å². The number of benzene rings is 1. The largest absolute Gasteiger partial charge is 0.508 e. The van der Waals surface area contributed by atoms with Crippen molar-refractivity contribution in [3.63, 3.8) is 0 Å². The van der Waals surface area contributed by atoms with Crippen LogP contribution in [0.3, 0.4) is 0 Å². The van der Waals surface area contributed by atoms with E-state index in [0.717, 1.165) is 30.6 Å². The van der Waals surface area contributed by atoms with E-state index in [1.807, 2.05) is 6.07 Å². The normalized spacial score (nSPS) is 29.3. The summed E-state index contributed by atoms with van der Waals surface area (Å²) >= 11 is 0. The standard InChI is InChI=1S/C21H32O2/c1-5-6-7-8-15-11-18(22)20-17-13-21(4,23-19(20)12-15)10-9-16(17)14(2)3/h11-12,14,16-17,22H,5-10,13H2,1-4H3/t16?,17-,21?/m1/s1. The van der Waals surface area contributed by atoms with Crippen molar-refractivity contribution in [2.45, 2.75) is 84.2 Å². The first kappa shape index (κ1) is 16.7. The van der Waals surface area contributed by atoms with Gasteiger partial charge in [0.15, 0.2) is 0 Å². The number of rotatable bonds is 5. The van der Waals surface area contributed by atoms with E-state index in [2.05, 4.69) is 33.8 Å². The molecule has 0 saturated heterocycles. The van der Waals surface area contributed by atoms with Gasteiger partial charge in [-0.2, -0.15) is 0 Å². The van der Waals surface area contributed by atoms with Gasteiger partial charge < -0.3 is 9.84 Å². The highest BCUT2D eigenvalue weighted by Crippen LogP contribution is 2.55. The molecule has 1 N–H and O–H groups in total. The van der Waals surface area contributed by atoms with Gasteiger partial charge in [0.2, 0.25) is 0 Å². The molecule has 2 heteroatoms. The monoisotopic (exact) mass is 316 g/mol. The molecule has 0 amide bonds. The summed E-state index contributed by atoms with van der Waals surface area (Å²) in [5.74, 6) is 3.18. The molecule has 128 valence electrons. The van der Waals surface area contributed by atoms with E-state index in [9.17, 15) is 5.11 Å². The Morgan fingerprint density at radius 3 is 2.78 bits per heavy atom. The van der Waals surface area contributed by atoms with Gasteiger partial charge in [0, 0.05) is 5.56 Å². The Morgan fingerprint density at radius 2 is 2.09 bits per heavy atom. The molecule has 2 nitrogen and oxygen atoms in total. The topological polar surface area (TPSA) is 29.5 Å². The van der Waals surface area contributed by atoms with Crippen LogP contribution in [0.4, 0.5) is 0 Å². The van der Waals surface area contributed by atoms with E-state index in [4.69, 9.17) is 4.74 Å². The Hall–Kier alpha value is -1.18. The van der Waals surface area contributed by atoms with Gasteiger partial charge in [-0.1, -0.05) is 33.6 Å². The second-order valence-corrected chi connectivity index (χ2v) is 8.29. The number of hydrogen-bond acceptors (Lipinski definition) is 2. The van der Waals surface area contributed by atoms with Crippen molar-refractivity contribution in [1.29, 1.82) is 0 Å². The van der Waals surface area contributed by atoms with E-state index < -0.39 is 0 Å².